The highest BCUT2D eigenvalue weighted by Gasteiger charge is 2.03. The van der Waals surface area contributed by atoms with Crippen LogP contribution < -0.4 is 16.0 Å². The average molecular weight is 337 g/mol. The van der Waals surface area contributed by atoms with Gasteiger partial charge in [-0.05, 0) is 25.1 Å². The molecule has 3 rings (SSSR count). The van der Waals surface area contributed by atoms with Crippen molar-refractivity contribution in [1.29, 1.82) is 0 Å². The molecule has 8 heteroatoms. The number of aromatic nitrogens is 4. The fourth-order valence-electron chi connectivity index (χ4n) is 2.18. The van der Waals surface area contributed by atoms with Crippen LogP contribution in [0.5, 0.6) is 0 Å². The number of nitrogens with one attached hydrogen (secondary N) is 3. The lowest BCUT2D eigenvalue weighted by Crippen LogP contribution is -2.32. The van der Waals surface area contributed by atoms with Gasteiger partial charge in [-0.15, -0.1) is 0 Å². The molecule has 0 unspecified atom stereocenters. The minimum atomic E-state index is -0.247. The van der Waals surface area contributed by atoms with Gasteiger partial charge in [-0.25, -0.2) is 19.4 Å². The Morgan fingerprint density at radius 1 is 1.12 bits per heavy atom. The number of nitrogens with zero attached hydrogens (tertiary/aromatic N) is 4. The van der Waals surface area contributed by atoms with Crippen LogP contribution >= 0.6 is 0 Å². The summed E-state index contributed by atoms with van der Waals surface area (Å²) in [5.41, 5.74) is 1.67. The van der Waals surface area contributed by atoms with Crippen molar-refractivity contribution in [3.63, 3.8) is 0 Å². The third-order valence-electron chi connectivity index (χ3n) is 3.36. The van der Waals surface area contributed by atoms with E-state index >= 15 is 0 Å². The number of amides is 2. The summed E-state index contributed by atoms with van der Waals surface area (Å²) >= 11 is 0. The SMILES string of the molecule is Cc1ccn(-c2cc(NCCNC(=O)Nc3ccccc3)ncn2)n1. The Morgan fingerprint density at radius 2 is 1.96 bits per heavy atom. The van der Waals surface area contributed by atoms with E-state index in [2.05, 4.69) is 31.0 Å². The molecule has 8 nitrogen and oxygen atoms in total. The number of anilines is 2. The Bertz CT molecular complexity index is 832. The predicted octanol–water partition coefficient (Wildman–Crippen LogP) is 2.20. The fraction of sp³-hybridized carbons (Fsp3) is 0.176. The molecule has 2 amide bonds. The summed E-state index contributed by atoms with van der Waals surface area (Å²) in [6.45, 7) is 2.92. The third kappa shape index (κ3) is 4.77. The Labute approximate surface area is 145 Å². The molecule has 0 radical (unpaired) electrons. The lowest BCUT2D eigenvalue weighted by atomic mass is 10.3. The number of hydrogen-bond acceptors (Lipinski definition) is 5. The van der Waals surface area contributed by atoms with Crippen LogP contribution in [0.15, 0.2) is 55.0 Å². The van der Waals surface area contributed by atoms with E-state index in [1.54, 1.807) is 10.7 Å². The van der Waals surface area contributed by atoms with Gasteiger partial charge >= 0.3 is 6.03 Å². The highest BCUT2D eigenvalue weighted by molar-refractivity contribution is 5.89. The van der Waals surface area contributed by atoms with Crippen LogP contribution in [0.1, 0.15) is 5.69 Å². The minimum absolute atomic E-state index is 0.247. The number of rotatable bonds is 6. The van der Waals surface area contributed by atoms with Crippen molar-refractivity contribution in [2.24, 2.45) is 0 Å². The standard InChI is InChI=1S/C17H19N7O/c1-13-7-10-24(23-13)16-11-15(20-12-21-16)18-8-9-19-17(25)22-14-5-3-2-4-6-14/h2-7,10-12H,8-9H2,1H3,(H,18,20,21)(H2,19,22,25). The number of carbonyl (C=O) groups excluding carboxylic acids is 1. The summed E-state index contributed by atoms with van der Waals surface area (Å²) in [5.74, 6) is 1.35. The number of hydrogen-bond donors (Lipinski definition) is 3. The minimum Gasteiger partial charge on any atom is -0.368 e. The molecule has 0 atom stereocenters. The van der Waals surface area contributed by atoms with Crippen LogP contribution in [-0.4, -0.2) is 38.9 Å². The average Bonchev–Trinajstić information content (AvgIpc) is 3.06. The number of benzene rings is 1. The van der Waals surface area contributed by atoms with Gasteiger partial charge in [-0.2, -0.15) is 5.10 Å². The van der Waals surface area contributed by atoms with Crippen LogP contribution in [0.25, 0.3) is 5.82 Å². The second kappa shape index (κ2) is 7.91. The van der Waals surface area contributed by atoms with Gasteiger partial charge in [0.05, 0.1) is 5.69 Å². The second-order valence-corrected chi connectivity index (χ2v) is 5.34. The van der Waals surface area contributed by atoms with Gasteiger partial charge in [-0.3, -0.25) is 0 Å². The highest BCUT2D eigenvalue weighted by atomic mass is 16.2. The lowest BCUT2D eigenvalue weighted by molar-refractivity contribution is 0.252. The molecule has 0 spiro atoms. The molecule has 2 aromatic heterocycles. The smallest absolute Gasteiger partial charge is 0.319 e. The maximum Gasteiger partial charge on any atom is 0.319 e. The lowest BCUT2D eigenvalue weighted by Gasteiger charge is -2.09. The Balaban J connectivity index is 1.45. The number of urea groups is 1. The van der Waals surface area contributed by atoms with E-state index < -0.39 is 0 Å². The van der Waals surface area contributed by atoms with Crippen molar-refractivity contribution in [1.82, 2.24) is 25.1 Å². The van der Waals surface area contributed by atoms with Crippen LogP contribution in [0.3, 0.4) is 0 Å². The summed E-state index contributed by atoms with van der Waals surface area (Å²) in [5, 5.41) is 13.0. The first-order chi connectivity index (χ1) is 12.2. The van der Waals surface area contributed by atoms with Crippen molar-refractivity contribution in [2.75, 3.05) is 23.7 Å². The number of para-hydroxylation sites is 1. The fourth-order valence-corrected chi connectivity index (χ4v) is 2.18. The van der Waals surface area contributed by atoms with Crippen molar-refractivity contribution in [3.8, 4) is 5.82 Å². The van der Waals surface area contributed by atoms with Crippen LogP contribution in [-0.2, 0) is 0 Å². The molecule has 3 N–H and O–H groups in total. The molecule has 3 aromatic rings. The van der Waals surface area contributed by atoms with Gasteiger partial charge in [0, 0.05) is 31.0 Å². The summed E-state index contributed by atoms with van der Waals surface area (Å²) in [6, 6.07) is 12.8. The molecule has 0 aliphatic rings. The van der Waals surface area contributed by atoms with Crippen molar-refractivity contribution < 1.29 is 4.79 Å². The van der Waals surface area contributed by atoms with Gasteiger partial charge in [0.1, 0.15) is 12.1 Å². The number of aryl methyl sites for hydroxylation is 1. The number of carbonyl (C=O) groups is 1. The van der Waals surface area contributed by atoms with Crippen molar-refractivity contribution in [3.05, 3.63) is 60.7 Å². The van der Waals surface area contributed by atoms with Gasteiger partial charge in [-0.1, -0.05) is 18.2 Å². The van der Waals surface area contributed by atoms with Gasteiger partial charge in [0.25, 0.3) is 0 Å². The van der Waals surface area contributed by atoms with Gasteiger partial charge < -0.3 is 16.0 Å². The maximum absolute atomic E-state index is 11.8. The maximum atomic E-state index is 11.8. The van der Waals surface area contributed by atoms with E-state index in [4.69, 9.17) is 0 Å². The van der Waals surface area contributed by atoms with Crippen LogP contribution in [0.4, 0.5) is 16.3 Å². The first-order valence-corrected chi connectivity index (χ1v) is 7.89. The van der Waals surface area contributed by atoms with E-state index in [1.165, 1.54) is 6.33 Å². The van der Waals surface area contributed by atoms with Crippen LogP contribution in [0.2, 0.25) is 0 Å². The molecule has 0 saturated carbocycles. The summed E-state index contributed by atoms with van der Waals surface area (Å²) in [7, 11) is 0. The largest absolute Gasteiger partial charge is 0.368 e. The quantitative estimate of drug-likeness (QED) is 0.599. The predicted molar refractivity (Wildman–Crippen MR) is 95.8 cm³/mol. The topological polar surface area (TPSA) is 96.8 Å². The van der Waals surface area contributed by atoms with E-state index in [0.29, 0.717) is 24.7 Å². The first-order valence-electron chi connectivity index (χ1n) is 7.89. The summed E-state index contributed by atoms with van der Waals surface area (Å²) < 4.78 is 1.69. The molecule has 0 aliphatic heterocycles. The van der Waals surface area contributed by atoms with E-state index in [0.717, 1.165) is 11.4 Å². The Hall–Kier alpha value is -3.42. The zero-order chi connectivity index (χ0) is 17.5. The van der Waals surface area contributed by atoms with Gasteiger partial charge in [0.15, 0.2) is 5.82 Å². The molecule has 0 bridgehead atoms. The third-order valence-corrected chi connectivity index (χ3v) is 3.36. The normalized spacial score (nSPS) is 10.3. The molecule has 2 heterocycles. The Kier molecular flexibility index (Phi) is 5.20. The molecular weight excluding hydrogens is 318 g/mol. The van der Waals surface area contributed by atoms with Crippen LogP contribution in [0, 0.1) is 6.92 Å². The van der Waals surface area contributed by atoms with E-state index in [9.17, 15) is 4.79 Å². The molecule has 25 heavy (non-hydrogen) atoms. The van der Waals surface area contributed by atoms with E-state index in [-0.39, 0.29) is 6.03 Å². The molecule has 128 valence electrons. The second-order valence-electron chi connectivity index (χ2n) is 5.34. The van der Waals surface area contributed by atoms with E-state index in [1.807, 2.05) is 49.5 Å². The first kappa shape index (κ1) is 16.4. The molecule has 0 fully saturated rings. The summed E-state index contributed by atoms with van der Waals surface area (Å²) in [4.78, 5) is 20.1. The van der Waals surface area contributed by atoms with Crippen molar-refractivity contribution in [2.45, 2.75) is 6.92 Å². The molecule has 0 saturated heterocycles. The molecular formula is C17H19N7O. The highest BCUT2D eigenvalue weighted by Crippen LogP contribution is 2.08. The molecule has 0 aliphatic carbocycles. The summed E-state index contributed by atoms with van der Waals surface area (Å²) in [6.07, 6.45) is 3.32. The zero-order valence-corrected chi connectivity index (χ0v) is 13.8. The monoisotopic (exact) mass is 337 g/mol. The zero-order valence-electron chi connectivity index (χ0n) is 13.8. The van der Waals surface area contributed by atoms with Crippen molar-refractivity contribution >= 4 is 17.5 Å². The Morgan fingerprint density at radius 3 is 2.72 bits per heavy atom. The molecule has 1 aromatic carbocycles. The van der Waals surface area contributed by atoms with Gasteiger partial charge in [0.2, 0.25) is 0 Å².